The summed E-state index contributed by atoms with van der Waals surface area (Å²) < 4.78 is 11.5. The van der Waals surface area contributed by atoms with Crippen LogP contribution in [0.1, 0.15) is 33.6 Å². The van der Waals surface area contributed by atoms with Crippen molar-refractivity contribution in [2.45, 2.75) is 18.4 Å². The number of hydrogen-bond acceptors (Lipinski definition) is 4. The molecule has 0 aromatic heterocycles. The summed E-state index contributed by atoms with van der Waals surface area (Å²) in [5, 5.41) is 0. The molecule has 0 aliphatic carbocycles. The first kappa shape index (κ1) is 19.4. The highest BCUT2D eigenvalue weighted by molar-refractivity contribution is 6.01. The summed E-state index contributed by atoms with van der Waals surface area (Å²) in [7, 11) is 1.57. The van der Waals surface area contributed by atoms with E-state index in [9.17, 15) is 9.59 Å². The van der Waals surface area contributed by atoms with Gasteiger partial charge in [0.2, 0.25) is 0 Å². The van der Waals surface area contributed by atoms with Crippen molar-refractivity contribution < 1.29 is 19.1 Å². The summed E-state index contributed by atoms with van der Waals surface area (Å²) in [6, 6.07) is 23.0. The predicted molar refractivity (Wildman–Crippen MR) is 118 cm³/mol. The number of hydrogen-bond donors (Lipinski definition) is 0. The summed E-state index contributed by atoms with van der Waals surface area (Å²) in [5.74, 6) is 1.20. The van der Waals surface area contributed by atoms with E-state index in [4.69, 9.17) is 9.47 Å². The van der Waals surface area contributed by atoms with Gasteiger partial charge in [-0.2, -0.15) is 0 Å². The topological polar surface area (TPSA) is 55.8 Å². The van der Waals surface area contributed by atoms with Crippen LogP contribution in [0.3, 0.4) is 0 Å². The Morgan fingerprint density at radius 1 is 1.00 bits per heavy atom. The smallest absolute Gasteiger partial charge is 0.253 e. The number of Topliss-reactive ketones (excluding diaryl/α,β-unsaturated/α-hetero) is 1. The van der Waals surface area contributed by atoms with Crippen molar-refractivity contribution in [3.8, 4) is 22.6 Å². The number of methoxy groups -OCH3 is 1. The number of ketones is 1. The number of nitrogens with zero attached hydrogens (tertiary/aromatic N) is 1. The molecule has 5 nitrogen and oxygen atoms in total. The Labute approximate surface area is 181 Å². The normalized spacial score (nSPS) is 19.8. The number of amides is 1. The molecule has 2 aliphatic rings. The molecule has 5 rings (SSSR count). The lowest BCUT2D eigenvalue weighted by Gasteiger charge is -2.34. The van der Waals surface area contributed by atoms with E-state index < -0.39 is 5.60 Å². The minimum absolute atomic E-state index is 0.0293. The Balaban J connectivity index is 1.32. The lowest BCUT2D eigenvalue weighted by molar-refractivity contribution is 0.0427. The molecule has 1 fully saturated rings. The van der Waals surface area contributed by atoms with E-state index in [-0.39, 0.29) is 18.1 Å². The summed E-state index contributed by atoms with van der Waals surface area (Å²) in [6.45, 7) is 0.974. The molecule has 156 valence electrons. The van der Waals surface area contributed by atoms with Gasteiger partial charge >= 0.3 is 0 Å². The van der Waals surface area contributed by atoms with Gasteiger partial charge in [0.15, 0.2) is 5.78 Å². The minimum Gasteiger partial charge on any atom is -0.497 e. The highest BCUT2D eigenvalue weighted by atomic mass is 16.5. The maximum Gasteiger partial charge on any atom is 0.253 e. The standard InChI is InChI=1S/C26H23NO4/c1-30-21-11-12-24-22(15-21)23(28)16-26(31-24)13-14-27(17-26)25(29)20-9-7-19(8-10-20)18-5-3-2-4-6-18/h2-12,15H,13-14,16-17H2,1H3. The van der Waals surface area contributed by atoms with Crippen LogP contribution in [0.15, 0.2) is 72.8 Å². The first-order chi connectivity index (χ1) is 15.1. The molecule has 0 radical (unpaired) electrons. The van der Waals surface area contributed by atoms with Crippen LogP contribution in [0.4, 0.5) is 0 Å². The second kappa shape index (κ2) is 7.58. The van der Waals surface area contributed by atoms with Gasteiger partial charge in [0, 0.05) is 18.5 Å². The molecule has 1 amide bonds. The number of carbonyl (C=O) groups excluding carboxylic acids is 2. The molecule has 3 aromatic carbocycles. The van der Waals surface area contributed by atoms with E-state index in [0.29, 0.717) is 42.1 Å². The Morgan fingerprint density at radius 3 is 2.48 bits per heavy atom. The second-order valence-corrected chi connectivity index (χ2v) is 8.17. The van der Waals surface area contributed by atoms with Crippen LogP contribution in [0.5, 0.6) is 11.5 Å². The first-order valence-electron chi connectivity index (χ1n) is 10.4. The maximum absolute atomic E-state index is 13.1. The first-order valence-corrected chi connectivity index (χ1v) is 10.4. The predicted octanol–water partition coefficient (Wildman–Crippen LogP) is 4.61. The van der Waals surface area contributed by atoms with Gasteiger partial charge < -0.3 is 14.4 Å². The third kappa shape index (κ3) is 3.56. The van der Waals surface area contributed by atoms with Crippen LogP contribution in [0, 0.1) is 0 Å². The molecule has 2 heterocycles. The number of ether oxygens (including phenoxy) is 2. The molecule has 0 N–H and O–H groups in total. The van der Waals surface area contributed by atoms with Crippen LogP contribution >= 0.6 is 0 Å². The van der Waals surface area contributed by atoms with E-state index in [2.05, 4.69) is 0 Å². The molecule has 1 unspecified atom stereocenters. The molecule has 31 heavy (non-hydrogen) atoms. The Kier molecular flexibility index (Phi) is 4.74. The lowest BCUT2D eigenvalue weighted by atomic mass is 9.89. The average Bonchev–Trinajstić information content (AvgIpc) is 3.22. The van der Waals surface area contributed by atoms with Gasteiger partial charge in [0.1, 0.15) is 17.1 Å². The van der Waals surface area contributed by atoms with Crippen molar-refractivity contribution in [1.29, 1.82) is 0 Å². The molecule has 5 heteroatoms. The number of carbonyl (C=O) groups is 2. The maximum atomic E-state index is 13.1. The number of benzene rings is 3. The van der Waals surface area contributed by atoms with Gasteiger partial charge in [0.05, 0.1) is 25.6 Å². The van der Waals surface area contributed by atoms with Gasteiger partial charge in [-0.05, 0) is 41.5 Å². The van der Waals surface area contributed by atoms with Crippen LogP contribution in [-0.4, -0.2) is 42.4 Å². The van der Waals surface area contributed by atoms with Gasteiger partial charge in [-0.25, -0.2) is 0 Å². The number of likely N-dealkylation sites (tertiary alicyclic amines) is 1. The molecule has 1 saturated heterocycles. The van der Waals surface area contributed by atoms with E-state index in [1.807, 2.05) is 54.6 Å². The van der Waals surface area contributed by atoms with Crippen molar-refractivity contribution in [2.24, 2.45) is 0 Å². The summed E-state index contributed by atoms with van der Waals surface area (Å²) >= 11 is 0. The third-order valence-electron chi connectivity index (χ3n) is 6.14. The summed E-state index contributed by atoms with van der Waals surface area (Å²) in [6.07, 6.45) is 0.905. The van der Waals surface area contributed by atoms with Crippen molar-refractivity contribution in [3.05, 3.63) is 83.9 Å². The van der Waals surface area contributed by atoms with Crippen molar-refractivity contribution in [3.63, 3.8) is 0 Å². The minimum atomic E-state index is -0.654. The Morgan fingerprint density at radius 2 is 1.74 bits per heavy atom. The van der Waals surface area contributed by atoms with Gasteiger partial charge in [-0.1, -0.05) is 42.5 Å². The zero-order chi connectivity index (χ0) is 21.4. The molecule has 0 bridgehead atoms. The van der Waals surface area contributed by atoms with E-state index in [1.165, 1.54) is 0 Å². The van der Waals surface area contributed by atoms with Crippen molar-refractivity contribution in [1.82, 2.24) is 4.90 Å². The second-order valence-electron chi connectivity index (χ2n) is 8.17. The van der Waals surface area contributed by atoms with Crippen molar-refractivity contribution >= 4 is 11.7 Å². The quantitative estimate of drug-likeness (QED) is 0.629. The average molecular weight is 413 g/mol. The molecule has 3 aromatic rings. The van der Waals surface area contributed by atoms with E-state index >= 15 is 0 Å². The fraction of sp³-hybridized carbons (Fsp3) is 0.231. The van der Waals surface area contributed by atoms with Crippen LogP contribution in [0.2, 0.25) is 0 Å². The fourth-order valence-electron chi connectivity index (χ4n) is 4.46. The monoisotopic (exact) mass is 413 g/mol. The molecule has 1 atom stereocenters. The molecule has 1 spiro atoms. The highest BCUT2D eigenvalue weighted by Crippen LogP contribution is 2.40. The largest absolute Gasteiger partial charge is 0.497 e. The summed E-state index contributed by atoms with van der Waals surface area (Å²) in [5.41, 5.74) is 2.72. The SMILES string of the molecule is COc1ccc2c(c1)C(=O)CC1(CCN(C(=O)c3ccc(-c4ccccc4)cc3)C1)O2. The Bertz CT molecular complexity index is 1140. The molecule has 2 aliphatic heterocycles. The van der Waals surface area contributed by atoms with Crippen molar-refractivity contribution in [2.75, 3.05) is 20.2 Å². The molecular weight excluding hydrogens is 390 g/mol. The van der Waals surface area contributed by atoms with E-state index in [1.54, 1.807) is 30.2 Å². The van der Waals surface area contributed by atoms with E-state index in [0.717, 1.165) is 11.1 Å². The van der Waals surface area contributed by atoms with Crippen LogP contribution in [0.25, 0.3) is 11.1 Å². The zero-order valence-electron chi connectivity index (χ0n) is 17.3. The van der Waals surface area contributed by atoms with Gasteiger partial charge in [0.25, 0.3) is 5.91 Å². The Hall–Kier alpha value is -3.60. The highest BCUT2D eigenvalue weighted by Gasteiger charge is 2.47. The number of fused-ring (bicyclic) bond motifs is 1. The molecule has 0 saturated carbocycles. The fourth-order valence-corrected chi connectivity index (χ4v) is 4.46. The third-order valence-corrected chi connectivity index (χ3v) is 6.14. The molecular formula is C26H23NO4. The zero-order valence-corrected chi connectivity index (χ0v) is 17.3. The number of rotatable bonds is 3. The van der Waals surface area contributed by atoms with Crippen LogP contribution < -0.4 is 9.47 Å². The van der Waals surface area contributed by atoms with Crippen LogP contribution in [-0.2, 0) is 0 Å². The van der Waals surface area contributed by atoms with Gasteiger partial charge in [-0.15, -0.1) is 0 Å². The van der Waals surface area contributed by atoms with Gasteiger partial charge in [-0.3, -0.25) is 9.59 Å². The lowest BCUT2D eigenvalue weighted by Crippen LogP contribution is -2.45. The summed E-state index contributed by atoms with van der Waals surface area (Å²) in [4.78, 5) is 27.7.